The predicted octanol–water partition coefficient (Wildman–Crippen LogP) is 1.45. The maximum Gasteiger partial charge on any atom is 0.251 e. The SMILES string of the molecule is C=CC(=O)N(C)c1ccc(C(=O)NC(C(=O)N2CCOCC2)C(C)C)cc1. The second kappa shape index (κ2) is 9.32. The lowest BCUT2D eigenvalue weighted by molar-refractivity contribution is -0.138. The fourth-order valence-electron chi connectivity index (χ4n) is 2.82. The molecular weight excluding hydrogens is 346 g/mol. The van der Waals surface area contributed by atoms with Crippen LogP contribution < -0.4 is 10.2 Å². The molecule has 0 bridgehead atoms. The van der Waals surface area contributed by atoms with Gasteiger partial charge >= 0.3 is 0 Å². The lowest BCUT2D eigenvalue weighted by Crippen LogP contribution is -2.53. The maximum absolute atomic E-state index is 12.8. The van der Waals surface area contributed by atoms with Crippen LogP contribution in [0.5, 0.6) is 0 Å². The Morgan fingerprint density at radius 2 is 1.78 bits per heavy atom. The molecule has 1 fully saturated rings. The molecule has 0 spiro atoms. The number of benzene rings is 1. The highest BCUT2D eigenvalue weighted by Crippen LogP contribution is 2.15. The minimum atomic E-state index is -0.597. The third-order valence-electron chi connectivity index (χ3n) is 4.56. The van der Waals surface area contributed by atoms with Crippen LogP contribution in [0, 0.1) is 5.92 Å². The van der Waals surface area contributed by atoms with Crippen molar-refractivity contribution in [2.24, 2.45) is 5.92 Å². The van der Waals surface area contributed by atoms with Crippen LogP contribution in [0.1, 0.15) is 24.2 Å². The van der Waals surface area contributed by atoms with E-state index < -0.39 is 6.04 Å². The van der Waals surface area contributed by atoms with Crippen molar-refractivity contribution < 1.29 is 19.1 Å². The fraction of sp³-hybridized carbons (Fsp3) is 0.450. The first-order valence-corrected chi connectivity index (χ1v) is 9.02. The molecular formula is C20H27N3O4. The van der Waals surface area contributed by atoms with Crippen LogP contribution in [0.2, 0.25) is 0 Å². The van der Waals surface area contributed by atoms with Crippen LogP contribution in [-0.2, 0) is 14.3 Å². The molecule has 3 amide bonds. The number of ether oxygens (including phenoxy) is 1. The first-order chi connectivity index (χ1) is 12.8. The van der Waals surface area contributed by atoms with Gasteiger partial charge in [0, 0.05) is 31.4 Å². The van der Waals surface area contributed by atoms with E-state index in [2.05, 4.69) is 11.9 Å². The first-order valence-electron chi connectivity index (χ1n) is 9.02. The van der Waals surface area contributed by atoms with Crippen LogP contribution in [-0.4, -0.2) is 62.0 Å². The number of likely N-dealkylation sites (N-methyl/N-ethyl adjacent to an activating group) is 1. The second-order valence-electron chi connectivity index (χ2n) is 6.78. The van der Waals surface area contributed by atoms with Crippen molar-refractivity contribution in [3.8, 4) is 0 Å². The number of rotatable bonds is 6. The number of carbonyl (C=O) groups is 3. The van der Waals surface area contributed by atoms with E-state index in [4.69, 9.17) is 4.74 Å². The van der Waals surface area contributed by atoms with Crippen LogP contribution in [0.25, 0.3) is 0 Å². The van der Waals surface area contributed by atoms with Gasteiger partial charge in [-0.05, 0) is 36.3 Å². The van der Waals surface area contributed by atoms with Gasteiger partial charge in [-0.1, -0.05) is 20.4 Å². The molecule has 1 aromatic carbocycles. The summed E-state index contributed by atoms with van der Waals surface area (Å²) in [6, 6.07) is 6.04. The highest BCUT2D eigenvalue weighted by molar-refractivity contribution is 6.01. The van der Waals surface area contributed by atoms with Gasteiger partial charge < -0.3 is 19.9 Å². The number of hydrogen-bond donors (Lipinski definition) is 1. The van der Waals surface area contributed by atoms with Crippen LogP contribution in [0.15, 0.2) is 36.9 Å². The minimum absolute atomic E-state index is 0.0417. The number of nitrogens with one attached hydrogen (secondary N) is 1. The molecule has 1 atom stereocenters. The molecule has 1 N–H and O–H groups in total. The summed E-state index contributed by atoms with van der Waals surface area (Å²) in [6.45, 7) is 9.38. The number of carbonyl (C=O) groups excluding carboxylic acids is 3. The van der Waals surface area contributed by atoms with Gasteiger partial charge in [0.1, 0.15) is 6.04 Å². The van der Waals surface area contributed by atoms with Crippen molar-refractivity contribution in [2.45, 2.75) is 19.9 Å². The smallest absolute Gasteiger partial charge is 0.251 e. The summed E-state index contributed by atoms with van der Waals surface area (Å²) in [5, 5.41) is 2.84. The Morgan fingerprint density at radius 3 is 2.30 bits per heavy atom. The molecule has 0 radical (unpaired) electrons. The average molecular weight is 373 g/mol. The third kappa shape index (κ3) is 5.17. The Balaban J connectivity index is 2.07. The topological polar surface area (TPSA) is 79.0 Å². The lowest BCUT2D eigenvalue weighted by Gasteiger charge is -2.32. The van der Waals surface area contributed by atoms with Gasteiger partial charge in [0.15, 0.2) is 0 Å². The zero-order valence-electron chi connectivity index (χ0n) is 16.1. The molecule has 1 unspecified atom stereocenters. The predicted molar refractivity (Wildman–Crippen MR) is 104 cm³/mol. The van der Waals surface area contributed by atoms with E-state index in [1.807, 2.05) is 13.8 Å². The van der Waals surface area contributed by atoms with Crippen molar-refractivity contribution in [1.82, 2.24) is 10.2 Å². The molecule has 0 aliphatic carbocycles. The van der Waals surface area contributed by atoms with Gasteiger partial charge in [-0.25, -0.2) is 0 Å². The molecule has 0 aromatic heterocycles. The van der Waals surface area contributed by atoms with Gasteiger partial charge in [-0.15, -0.1) is 0 Å². The van der Waals surface area contributed by atoms with Gasteiger partial charge in [0.25, 0.3) is 5.91 Å². The van der Waals surface area contributed by atoms with Crippen LogP contribution in [0.3, 0.4) is 0 Å². The van der Waals surface area contributed by atoms with Gasteiger partial charge in [0.05, 0.1) is 13.2 Å². The number of morpholine rings is 1. The molecule has 2 rings (SSSR count). The molecule has 1 aliphatic rings. The Morgan fingerprint density at radius 1 is 1.19 bits per heavy atom. The quantitative estimate of drug-likeness (QED) is 0.766. The van der Waals surface area contributed by atoms with E-state index in [0.29, 0.717) is 37.6 Å². The Labute approximate surface area is 160 Å². The van der Waals surface area contributed by atoms with Crippen molar-refractivity contribution >= 4 is 23.4 Å². The summed E-state index contributed by atoms with van der Waals surface area (Å²) in [5.74, 6) is -0.683. The molecule has 1 heterocycles. The summed E-state index contributed by atoms with van der Waals surface area (Å²) < 4.78 is 5.28. The third-order valence-corrected chi connectivity index (χ3v) is 4.56. The number of nitrogens with zero attached hydrogens (tertiary/aromatic N) is 2. The summed E-state index contributed by atoms with van der Waals surface area (Å²) >= 11 is 0. The molecule has 7 nitrogen and oxygen atoms in total. The Kier molecular flexibility index (Phi) is 7.12. The van der Waals surface area contributed by atoms with Gasteiger partial charge in [-0.3, -0.25) is 14.4 Å². The van der Waals surface area contributed by atoms with E-state index in [0.717, 1.165) is 0 Å². The van der Waals surface area contributed by atoms with E-state index in [1.165, 1.54) is 11.0 Å². The number of hydrogen-bond acceptors (Lipinski definition) is 4. The monoisotopic (exact) mass is 373 g/mol. The second-order valence-corrected chi connectivity index (χ2v) is 6.78. The number of anilines is 1. The lowest BCUT2D eigenvalue weighted by atomic mass is 10.0. The molecule has 27 heavy (non-hydrogen) atoms. The van der Waals surface area contributed by atoms with E-state index in [-0.39, 0.29) is 23.6 Å². The number of amides is 3. The molecule has 1 aliphatic heterocycles. The van der Waals surface area contributed by atoms with E-state index >= 15 is 0 Å². The average Bonchev–Trinajstić information content (AvgIpc) is 2.70. The fourth-order valence-corrected chi connectivity index (χ4v) is 2.82. The molecule has 0 saturated carbocycles. The zero-order chi connectivity index (χ0) is 20.0. The minimum Gasteiger partial charge on any atom is -0.378 e. The van der Waals surface area contributed by atoms with Crippen molar-refractivity contribution in [2.75, 3.05) is 38.3 Å². The summed E-state index contributed by atoms with van der Waals surface area (Å²) in [4.78, 5) is 40.2. The van der Waals surface area contributed by atoms with Crippen LogP contribution >= 0.6 is 0 Å². The van der Waals surface area contributed by atoms with E-state index in [9.17, 15) is 14.4 Å². The summed E-state index contributed by atoms with van der Waals surface area (Å²) in [5.41, 5.74) is 1.08. The van der Waals surface area contributed by atoms with E-state index in [1.54, 1.807) is 36.2 Å². The largest absolute Gasteiger partial charge is 0.378 e. The molecule has 1 saturated heterocycles. The molecule has 146 valence electrons. The molecule has 7 heteroatoms. The highest BCUT2D eigenvalue weighted by atomic mass is 16.5. The van der Waals surface area contributed by atoms with Crippen LogP contribution in [0.4, 0.5) is 5.69 Å². The van der Waals surface area contributed by atoms with Crippen molar-refractivity contribution in [1.29, 1.82) is 0 Å². The van der Waals surface area contributed by atoms with Gasteiger partial charge in [-0.2, -0.15) is 0 Å². The standard InChI is InChI=1S/C20H27N3O4/c1-5-17(24)22(4)16-8-6-15(7-9-16)19(25)21-18(14(2)3)20(26)23-10-12-27-13-11-23/h5-9,14,18H,1,10-13H2,2-4H3,(H,21,25). The summed E-state index contributed by atoms with van der Waals surface area (Å²) in [7, 11) is 1.63. The normalized spacial score (nSPS) is 15.2. The van der Waals surface area contributed by atoms with Crippen molar-refractivity contribution in [3.05, 3.63) is 42.5 Å². The maximum atomic E-state index is 12.8. The highest BCUT2D eigenvalue weighted by Gasteiger charge is 2.29. The Hall–Kier alpha value is -2.67. The Bertz CT molecular complexity index is 694. The van der Waals surface area contributed by atoms with Crippen molar-refractivity contribution in [3.63, 3.8) is 0 Å². The zero-order valence-corrected chi connectivity index (χ0v) is 16.1. The first kappa shape index (κ1) is 20.6. The van der Waals surface area contributed by atoms with Gasteiger partial charge in [0.2, 0.25) is 11.8 Å². The molecule has 1 aromatic rings. The summed E-state index contributed by atoms with van der Waals surface area (Å²) in [6.07, 6.45) is 1.23.